The second-order valence-electron chi connectivity index (χ2n) is 5.80. The molecule has 0 saturated carbocycles. The zero-order chi connectivity index (χ0) is 20.9. The summed E-state index contributed by atoms with van der Waals surface area (Å²) in [5.74, 6) is -1.76. The first kappa shape index (κ1) is 19.7. The molecule has 0 unspecified atom stereocenters. The van der Waals surface area contributed by atoms with E-state index >= 15 is 0 Å². The smallest absolute Gasteiger partial charge is 0.433 e. The minimum absolute atomic E-state index is 0.0813. The molecule has 1 N–H and O–H groups in total. The second kappa shape index (κ2) is 6.55. The maximum absolute atomic E-state index is 12.9. The van der Waals surface area contributed by atoms with Crippen molar-refractivity contribution in [2.75, 3.05) is 5.75 Å². The van der Waals surface area contributed by atoms with Gasteiger partial charge in [0.15, 0.2) is 15.7 Å². The molecule has 0 saturated heterocycles. The molecule has 0 spiro atoms. The average Bonchev–Trinajstić information content (AvgIpc) is 2.96. The van der Waals surface area contributed by atoms with Gasteiger partial charge in [0.05, 0.1) is 27.9 Å². The van der Waals surface area contributed by atoms with Gasteiger partial charge in [0.2, 0.25) is 0 Å². The molecule has 3 rings (SSSR count). The van der Waals surface area contributed by atoms with E-state index in [4.69, 9.17) is 5.11 Å². The number of halogens is 3. The molecule has 0 radical (unpaired) electrons. The van der Waals surface area contributed by atoms with E-state index in [0.29, 0.717) is 0 Å². The van der Waals surface area contributed by atoms with Gasteiger partial charge in [-0.2, -0.15) is 13.2 Å². The predicted molar refractivity (Wildman–Crippen MR) is 91.4 cm³/mol. The topological polar surface area (TPSA) is 115 Å². The summed E-state index contributed by atoms with van der Waals surface area (Å²) in [6.45, 7) is 1.40. The van der Waals surface area contributed by atoms with Crippen LogP contribution in [0.4, 0.5) is 13.2 Å². The van der Waals surface area contributed by atoms with Crippen molar-refractivity contribution >= 4 is 26.8 Å². The Bertz CT molecular complexity index is 1200. The summed E-state index contributed by atoms with van der Waals surface area (Å²) in [7, 11) is -2.37. The molecule has 148 valence electrons. The molecule has 3 aromatic heterocycles. The van der Waals surface area contributed by atoms with Gasteiger partial charge in [0.25, 0.3) is 0 Å². The highest BCUT2D eigenvalue weighted by Crippen LogP contribution is 2.32. The molecular weight excluding hydrogens is 401 g/mol. The van der Waals surface area contributed by atoms with Crippen molar-refractivity contribution in [1.29, 1.82) is 0 Å². The molecular formula is C16H13F3N4O4S. The van der Waals surface area contributed by atoms with Crippen LogP contribution in [0.3, 0.4) is 0 Å². The zero-order valence-corrected chi connectivity index (χ0v) is 15.3. The van der Waals surface area contributed by atoms with E-state index in [9.17, 15) is 26.4 Å². The van der Waals surface area contributed by atoms with Crippen molar-refractivity contribution < 1.29 is 31.5 Å². The van der Waals surface area contributed by atoms with Gasteiger partial charge in [-0.15, -0.1) is 0 Å². The highest BCUT2D eigenvalue weighted by molar-refractivity contribution is 7.91. The number of imidazole rings is 1. The first-order chi connectivity index (χ1) is 13.0. The van der Waals surface area contributed by atoms with Gasteiger partial charge in [0.1, 0.15) is 17.1 Å². The van der Waals surface area contributed by atoms with Gasteiger partial charge >= 0.3 is 12.1 Å². The number of aromatic carboxylic acids is 1. The van der Waals surface area contributed by atoms with Gasteiger partial charge in [-0.3, -0.25) is 0 Å². The van der Waals surface area contributed by atoms with Gasteiger partial charge in [-0.25, -0.2) is 28.2 Å². The number of alkyl halides is 3. The summed E-state index contributed by atoms with van der Waals surface area (Å²) < 4.78 is 64.8. The number of aryl methyl sites for hydroxylation is 1. The Morgan fingerprint density at radius 3 is 2.50 bits per heavy atom. The summed E-state index contributed by atoms with van der Waals surface area (Å²) in [6.07, 6.45) is -3.71. The summed E-state index contributed by atoms with van der Waals surface area (Å²) >= 11 is 0. The fraction of sp³-hybridized carbons (Fsp3) is 0.250. The molecule has 12 heteroatoms. The molecule has 3 heterocycles. The van der Waals surface area contributed by atoms with Crippen LogP contribution in [0.15, 0.2) is 29.3 Å². The van der Waals surface area contributed by atoms with Crippen LogP contribution in [0.1, 0.15) is 23.1 Å². The third-order valence-electron chi connectivity index (χ3n) is 4.06. The number of nitrogens with zero attached hydrogens (tertiary/aromatic N) is 4. The van der Waals surface area contributed by atoms with Gasteiger partial charge in [-0.1, -0.05) is 6.92 Å². The average molecular weight is 414 g/mol. The summed E-state index contributed by atoms with van der Waals surface area (Å²) in [5, 5.41) is 9.17. The molecule has 0 aliphatic carbocycles. The van der Waals surface area contributed by atoms with Crippen LogP contribution in [0.2, 0.25) is 0 Å². The molecule has 8 nitrogen and oxygen atoms in total. The van der Waals surface area contributed by atoms with E-state index in [1.807, 2.05) is 0 Å². The molecule has 3 aromatic rings. The van der Waals surface area contributed by atoms with Crippen LogP contribution in [-0.4, -0.2) is 44.8 Å². The van der Waals surface area contributed by atoms with E-state index in [-0.39, 0.29) is 33.2 Å². The monoisotopic (exact) mass is 414 g/mol. The largest absolute Gasteiger partial charge is 0.477 e. The lowest BCUT2D eigenvalue weighted by Crippen LogP contribution is -2.11. The number of hydrogen-bond acceptors (Lipinski definition) is 6. The first-order valence-corrected chi connectivity index (χ1v) is 9.48. The van der Waals surface area contributed by atoms with Crippen molar-refractivity contribution in [3.8, 4) is 11.5 Å². The predicted octanol–water partition coefficient (Wildman–Crippen LogP) is 2.54. The first-order valence-electron chi connectivity index (χ1n) is 7.83. The number of fused-ring (bicyclic) bond motifs is 1. The Balaban J connectivity index is 2.33. The van der Waals surface area contributed by atoms with E-state index in [1.165, 1.54) is 18.5 Å². The van der Waals surface area contributed by atoms with E-state index in [0.717, 1.165) is 24.4 Å². The quantitative estimate of drug-likeness (QED) is 0.698. The highest BCUT2D eigenvalue weighted by Gasteiger charge is 2.33. The van der Waals surface area contributed by atoms with Crippen LogP contribution >= 0.6 is 0 Å². The molecule has 0 aliphatic rings. The van der Waals surface area contributed by atoms with Gasteiger partial charge in [-0.05, 0) is 18.2 Å². The molecule has 28 heavy (non-hydrogen) atoms. The van der Waals surface area contributed by atoms with E-state index in [2.05, 4.69) is 15.0 Å². The Hall–Kier alpha value is -3.02. The van der Waals surface area contributed by atoms with Crippen LogP contribution in [0, 0.1) is 0 Å². The molecule has 0 aliphatic heterocycles. The highest BCUT2D eigenvalue weighted by atomic mass is 32.2. The number of carboxylic acid groups (broad SMARTS) is 1. The molecule has 0 bridgehead atoms. The maximum Gasteiger partial charge on any atom is 0.433 e. The number of carboxylic acids is 1. The lowest BCUT2D eigenvalue weighted by atomic mass is 10.3. The number of aromatic nitrogens is 4. The SMILES string of the molecule is CCS(=O)(=O)c1ccc(C(=O)O)nc1-c1nc2cc(C(F)(F)F)ncc2n1C. The van der Waals surface area contributed by atoms with Crippen molar-refractivity contribution in [3.05, 3.63) is 35.8 Å². The normalized spacial score (nSPS) is 12.5. The van der Waals surface area contributed by atoms with Crippen molar-refractivity contribution in [2.45, 2.75) is 18.0 Å². The number of sulfone groups is 1. The van der Waals surface area contributed by atoms with Crippen molar-refractivity contribution in [2.24, 2.45) is 7.05 Å². The van der Waals surface area contributed by atoms with Crippen molar-refractivity contribution in [3.63, 3.8) is 0 Å². The maximum atomic E-state index is 12.9. The Morgan fingerprint density at radius 1 is 1.25 bits per heavy atom. The van der Waals surface area contributed by atoms with Crippen molar-refractivity contribution in [1.82, 2.24) is 19.5 Å². The summed E-state index contributed by atoms with van der Waals surface area (Å²) in [4.78, 5) is 22.3. The molecule has 0 amide bonds. The van der Waals surface area contributed by atoms with Gasteiger partial charge in [0, 0.05) is 7.05 Å². The van der Waals surface area contributed by atoms with E-state index in [1.54, 1.807) is 0 Å². The second-order valence-corrected chi connectivity index (χ2v) is 8.05. The third kappa shape index (κ3) is 3.30. The van der Waals surface area contributed by atoms with Crippen LogP contribution in [0.5, 0.6) is 0 Å². The van der Waals surface area contributed by atoms with Crippen LogP contribution < -0.4 is 0 Å². The van der Waals surface area contributed by atoms with Gasteiger partial charge < -0.3 is 9.67 Å². The number of hydrogen-bond donors (Lipinski definition) is 1. The fourth-order valence-corrected chi connectivity index (χ4v) is 3.61. The number of carbonyl (C=O) groups is 1. The molecule has 0 fully saturated rings. The fourth-order valence-electron chi connectivity index (χ4n) is 2.59. The third-order valence-corrected chi connectivity index (χ3v) is 5.82. The summed E-state index contributed by atoms with van der Waals surface area (Å²) in [6, 6.07) is 2.87. The Morgan fingerprint density at radius 2 is 1.93 bits per heavy atom. The number of rotatable bonds is 4. The van der Waals surface area contributed by atoms with Crippen LogP contribution in [-0.2, 0) is 23.1 Å². The summed E-state index contributed by atoms with van der Waals surface area (Å²) in [5.41, 5.74) is -1.72. The van der Waals surface area contributed by atoms with E-state index < -0.39 is 33.4 Å². The molecule has 0 aromatic carbocycles. The molecule has 0 atom stereocenters. The Kier molecular flexibility index (Phi) is 4.61. The lowest BCUT2D eigenvalue weighted by Gasteiger charge is -2.09. The van der Waals surface area contributed by atoms with Crippen LogP contribution in [0.25, 0.3) is 22.6 Å². The number of pyridine rings is 2. The minimum Gasteiger partial charge on any atom is -0.477 e. The minimum atomic E-state index is -4.68. The Labute approximate surface area is 156 Å². The zero-order valence-electron chi connectivity index (χ0n) is 14.5. The standard InChI is InChI=1S/C16H13F3N4O4S/c1-3-28(26,27)11-5-4-8(15(24)25)21-13(11)14-22-9-6-12(16(17,18)19)20-7-10(9)23(14)2/h4-7H,3H2,1-2H3,(H,24,25). The lowest BCUT2D eigenvalue weighted by molar-refractivity contribution is -0.141.